The molecule has 0 fully saturated rings. The zero-order chi connectivity index (χ0) is 30.2. The van der Waals surface area contributed by atoms with Crippen LogP contribution in [0.1, 0.15) is 128 Å². The maximum Gasteiger partial charge on any atom is 0.228 e. The second-order valence-electron chi connectivity index (χ2n) is 12.9. The molecule has 0 unspecified atom stereocenters. The molecule has 0 saturated heterocycles. The summed E-state index contributed by atoms with van der Waals surface area (Å²) in [5, 5.41) is 5.39. The number of hydrogen-bond acceptors (Lipinski definition) is 4. The maximum atomic E-state index is 13.3. The second kappa shape index (κ2) is 20.2. The number of thioether (sulfide) groups is 1. The molecule has 0 radical (unpaired) electrons. The van der Waals surface area contributed by atoms with Gasteiger partial charge in [-0.25, -0.2) is 0 Å². The highest BCUT2D eigenvalue weighted by atomic mass is 79.9. The van der Waals surface area contributed by atoms with E-state index in [0.717, 1.165) is 41.4 Å². The van der Waals surface area contributed by atoms with Gasteiger partial charge in [-0.2, -0.15) is 0 Å². The van der Waals surface area contributed by atoms with E-state index >= 15 is 0 Å². The molecule has 2 aromatic carbocycles. The third-order valence-electron chi connectivity index (χ3n) is 8.18. The Hall–Kier alpha value is -1.92. The van der Waals surface area contributed by atoms with Crippen molar-refractivity contribution in [1.82, 2.24) is 4.90 Å². The number of amides is 1. The normalized spacial score (nSPS) is 13.0. The molecule has 43 heavy (non-hydrogen) atoms. The molecule has 1 aliphatic rings. The molecule has 2 aromatic rings. The standard InChI is InChI=1S/C37H56N2O2S.BrH/c1-6-7-8-9-10-11-12-13-14-15-16-19-24-41-35-26-33(37(3,4)5)23-22-31(35)25-36(40)38-34-21-18-17-20-32(34)27-39-29-42-28-30(39)2;/h17-18,20-23,26,28H,6-16,19,24-25,27,29H2,1-5H3,(H,38,40);1H. The fourth-order valence-electron chi connectivity index (χ4n) is 5.37. The predicted molar refractivity (Wildman–Crippen MR) is 193 cm³/mol. The van der Waals surface area contributed by atoms with Crippen LogP contribution in [0.2, 0.25) is 0 Å². The lowest BCUT2D eigenvalue weighted by Gasteiger charge is -2.22. The van der Waals surface area contributed by atoms with Gasteiger partial charge in [-0.1, -0.05) is 129 Å². The van der Waals surface area contributed by atoms with Gasteiger partial charge in [0.1, 0.15) is 5.75 Å². The van der Waals surface area contributed by atoms with Crippen molar-refractivity contribution in [3.05, 3.63) is 70.3 Å². The van der Waals surface area contributed by atoms with Gasteiger partial charge in [0, 0.05) is 23.5 Å². The molecule has 4 nitrogen and oxygen atoms in total. The number of nitrogens with one attached hydrogen (secondary N) is 1. The molecular weight excluding hydrogens is 616 g/mol. The monoisotopic (exact) mass is 672 g/mol. The molecular formula is C37H57BrN2O2S. The Morgan fingerprint density at radius 3 is 2.12 bits per heavy atom. The van der Waals surface area contributed by atoms with Crippen molar-refractivity contribution in [2.45, 2.75) is 130 Å². The Morgan fingerprint density at radius 1 is 0.884 bits per heavy atom. The number of allylic oxidation sites excluding steroid dienone is 1. The minimum absolute atomic E-state index is 0. The Labute approximate surface area is 277 Å². The largest absolute Gasteiger partial charge is 0.493 e. The lowest BCUT2D eigenvalue weighted by molar-refractivity contribution is -0.115. The van der Waals surface area contributed by atoms with Crippen LogP contribution in [0.4, 0.5) is 5.69 Å². The average molecular weight is 674 g/mol. The third kappa shape index (κ3) is 13.7. The molecule has 0 aliphatic carbocycles. The van der Waals surface area contributed by atoms with Gasteiger partial charge in [0.2, 0.25) is 5.91 Å². The summed E-state index contributed by atoms with van der Waals surface area (Å²) >= 11 is 1.81. The van der Waals surface area contributed by atoms with Crippen LogP contribution in [0.3, 0.4) is 0 Å². The van der Waals surface area contributed by atoms with E-state index in [2.05, 4.69) is 74.5 Å². The number of nitrogens with zero attached hydrogens (tertiary/aromatic N) is 1. The van der Waals surface area contributed by atoms with E-state index in [1.54, 1.807) is 0 Å². The summed E-state index contributed by atoms with van der Waals surface area (Å²) in [5.74, 6) is 1.79. The van der Waals surface area contributed by atoms with Crippen molar-refractivity contribution < 1.29 is 9.53 Å². The number of carbonyl (C=O) groups excluding carboxylic acids is 1. The summed E-state index contributed by atoms with van der Waals surface area (Å²) in [5.41, 5.74) is 5.49. The molecule has 1 N–H and O–H groups in total. The SMILES string of the molecule is Br.CCCCCCCCCCCCCCOc1cc(C(C)(C)C)ccc1CC(=O)Nc1ccccc1CN1CSC=C1C. The molecule has 0 saturated carbocycles. The average Bonchev–Trinajstić information content (AvgIpc) is 3.36. The molecule has 0 atom stereocenters. The van der Waals surface area contributed by atoms with Crippen LogP contribution in [0.5, 0.6) is 5.75 Å². The number of para-hydroxylation sites is 1. The molecule has 0 bridgehead atoms. The fourth-order valence-corrected chi connectivity index (χ4v) is 6.31. The third-order valence-corrected chi connectivity index (χ3v) is 9.14. The van der Waals surface area contributed by atoms with Gasteiger partial charge in [0.25, 0.3) is 0 Å². The highest BCUT2D eigenvalue weighted by Crippen LogP contribution is 2.30. The van der Waals surface area contributed by atoms with Gasteiger partial charge in [-0.05, 0) is 47.4 Å². The quantitative estimate of drug-likeness (QED) is 0.151. The summed E-state index contributed by atoms with van der Waals surface area (Å²) in [6.07, 6.45) is 16.2. The van der Waals surface area contributed by atoms with Crippen LogP contribution in [-0.2, 0) is 23.2 Å². The lowest BCUT2D eigenvalue weighted by Crippen LogP contribution is -2.20. The van der Waals surface area contributed by atoms with Crippen molar-refractivity contribution in [1.29, 1.82) is 0 Å². The topological polar surface area (TPSA) is 41.6 Å². The highest BCUT2D eigenvalue weighted by molar-refractivity contribution is 8.93. The van der Waals surface area contributed by atoms with Gasteiger partial charge in [-0.15, -0.1) is 28.7 Å². The number of anilines is 1. The van der Waals surface area contributed by atoms with Gasteiger partial charge < -0.3 is 15.0 Å². The molecule has 1 heterocycles. The minimum atomic E-state index is -0.00997. The second-order valence-corrected chi connectivity index (χ2v) is 13.8. The van der Waals surface area contributed by atoms with E-state index in [1.807, 2.05) is 30.0 Å². The number of hydrogen-bond donors (Lipinski definition) is 1. The van der Waals surface area contributed by atoms with Crippen LogP contribution in [0, 0.1) is 0 Å². The zero-order valence-electron chi connectivity index (χ0n) is 27.5. The van der Waals surface area contributed by atoms with Gasteiger partial charge >= 0.3 is 0 Å². The Morgan fingerprint density at radius 2 is 1.51 bits per heavy atom. The summed E-state index contributed by atoms with van der Waals surface area (Å²) in [7, 11) is 0. The fraction of sp³-hybridized carbons (Fsp3) is 0.595. The number of carbonyl (C=O) groups is 1. The van der Waals surface area contributed by atoms with Gasteiger partial charge in [0.15, 0.2) is 0 Å². The predicted octanol–water partition coefficient (Wildman–Crippen LogP) is 11.2. The molecule has 0 spiro atoms. The van der Waals surface area contributed by atoms with E-state index in [-0.39, 0.29) is 28.3 Å². The van der Waals surface area contributed by atoms with Crippen molar-refractivity contribution in [3.8, 4) is 5.75 Å². The first-order valence-electron chi connectivity index (χ1n) is 16.4. The molecule has 1 amide bonds. The number of unbranched alkanes of at least 4 members (excludes halogenated alkanes) is 11. The maximum absolute atomic E-state index is 13.3. The number of halogens is 1. The molecule has 1 aliphatic heterocycles. The van der Waals surface area contributed by atoms with Crippen LogP contribution >= 0.6 is 28.7 Å². The van der Waals surface area contributed by atoms with Crippen LogP contribution < -0.4 is 10.1 Å². The van der Waals surface area contributed by atoms with Crippen LogP contribution in [0.25, 0.3) is 0 Å². The first kappa shape index (κ1) is 37.3. The lowest BCUT2D eigenvalue weighted by atomic mass is 9.86. The zero-order valence-corrected chi connectivity index (χ0v) is 30.0. The summed E-state index contributed by atoms with van der Waals surface area (Å²) < 4.78 is 6.34. The number of ether oxygens (including phenoxy) is 1. The van der Waals surface area contributed by atoms with Crippen LogP contribution in [-0.4, -0.2) is 23.3 Å². The molecule has 3 rings (SSSR count). The van der Waals surface area contributed by atoms with Crippen LogP contribution in [0.15, 0.2) is 53.6 Å². The number of rotatable bonds is 19. The number of benzene rings is 2. The van der Waals surface area contributed by atoms with E-state index in [1.165, 1.54) is 81.9 Å². The smallest absolute Gasteiger partial charge is 0.228 e. The van der Waals surface area contributed by atoms with Crippen molar-refractivity contribution in [3.63, 3.8) is 0 Å². The van der Waals surface area contributed by atoms with Gasteiger partial charge in [-0.3, -0.25) is 4.79 Å². The van der Waals surface area contributed by atoms with E-state index < -0.39 is 0 Å². The highest BCUT2D eigenvalue weighted by Gasteiger charge is 2.19. The van der Waals surface area contributed by atoms with E-state index in [0.29, 0.717) is 13.0 Å². The molecule has 0 aromatic heterocycles. The summed E-state index contributed by atoms with van der Waals surface area (Å²) in [6, 6.07) is 14.5. The van der Waals surface area contributed by atoms with Crippen molar-refractivity contribution in [2.24, 2.45) is 0 Å². The first-order valence-corrected chi connectivity index (χ1v) is 17.5. The molecule has 240 valence electrons. The van der Waals surface area contributed by atoms with Gasteiger partial charge in [0.05, 0.1) is 18.9 Å². The minimum Gasteiger partial charge on any atom is -0.493 e. The summed E-state index contributed by atoms with van der Waals surface area (Å²) in [4.78, 5) is 15.6. The van der Waals surface area contributed by atoms with Crippen molar-refractivity contribution in [2.75, 3.05) is 17.8 Å². The van der Waals surface area contributed by atoms with E-state index in [4.69, 9.17) is 4.74 Å². The molecule has 6 heteroatoms. The Balaban J connectivity index is 0.00000645. The Kier molecular flexibility index (Phi) is 17.5. The first-order chi connectivity index (χ1) is 20.3. The summed E-state index contributed by atoms with van der Waals surface area (Å²) in [6.45, 7) is 12.6. The van der Waals surface area contributed by atoms with Crippen molar-refractivity contribution >= 4 is 40.3 Å². The van der Waals surface area contributed by atoms with E-state index in [9.17, 15) is 4.79 Å². The Bertz CT molecular complexity index is 1130.